The maximum absolute atomic E-state index is 11.1. The van der Waals surface area contributed by atoms with Crippen LogP contribution in [0.15, 0.2) is 36.4 Å². The van der Waals surface area contributed by atoms with Gasteiger partial charge < -0.3 is 10.2 Å². The predicted molar refractivity (Wildman–Crippen MR) is 77.7 cm³/mol. The van der Waals surface area contributed by atoms with Crippen LogP contribution in [0.4, 0.5) is 0 Å². The first-order valence-electron chi connectivity index (χ1n) is 6.37. The van der Waals surface area contributed by atoms with Crippen molar-refractivity contribution in [2.75, 3.05) is 0 Å². The minimum atomic E-state index is -0.984. The molecule has 0 heterocycles. The highest BCUT2D eigenvalue weighted by atomic mass is 16.4. The number of phenolic OH excluding ortho intramolecular Hbond substituents is 1. The summed E-state index contributed by atoms with van der Waals surface area (Å²) in [6.07, 6.45) is 1.21. The summed E-state index contributed by atoms with van der Waals surface area (Å²) < 4.78 is 0. The summed E-state index contributed by atoms with van der Waals surface area (Å²) in [5.41, 5.74) is 6.56. The average Bonchev–Trinajstić information content (AvgIpc) is 2.63. The Labute approximate surface area is 116 Å². The minimum absolute atomic E-state index is 0.141. The highest BCUT2D eigenvalue weighted by Crippen LogP contribution is 2.47. The molecule has 0 saturated heterocycles. The van der Waals surface area contributed by atoms with Gasteiger partial charge in [-0.3, -0.25) is 0 Å². The van der Waals surface area contributed by atoms with Gasteiger partial charge in [0.25, 0.3) is 0 Å². The molecule has 3 nitrogen and oxygen atoms in total. The van der Waals surface area contributed by atoms with Gasteiger partial charge in [-0.15, -0.1) is 0 Å². The van der Waals surface area contributed by atoms with Gasteiger partial charge in [0.05, 0.1) is 0 Å². The lowest BCUT2D eigenvalue weighted by molar-refractivity contribution is -0.131. The zero-order chi connectivity index (χ0) is 14.4. The SMILES string of the molecule is Cc1cc(C)c2c(c1)-c1ccc(O)cc1/C2=C/C(=O)O. The quantitative estimate of drug-likeness (QED) is 0.663. The molecule has 2 aromatic carbocycles. The standard InChI is InChI=1S/C17H14O3/c1-9-5-10(2)17-14(6-9)12-4-3-11(18)7-13(12)15(17)8-16(19)20/h3-8,18H,1-2H3,(H,19,20)/b15-8-. The molecule has 0 amide bonds. The number of benzene rings is 2. The summed E-state index contributed by atoms with van der Waals surface area (Å²) in [6, 6.07) is 9.19. The molecule has 0 fully saturated rings. The Kier molecular flexibility index (Phi) is 2.64. The second-order valence-corrected chi connectivity index (χ2v) is 5.13. The Morgan fingerprint density at radius 2 is 1.80 bits per heavy atom. The van der Waals surface area contributed by atoms with E-state index in [4.69, 9.17) is 5.11 Å². The van der Waals surface area contributed by atoms with E-state index in [1.54, 1.807) is 12.1 Å². The van der Waals surface area contributed by atoms with E-state index in [-0.39, 0.29) is 5.75 Å². The lowest BCUT2D eigenvalue weighted by Gasteiger charge is -2.07. The molecule has 0 atom stereocenters. The molecular formula is C17H14O3. The number of rotatable bonds is 1. The van der Waals surface area contributed by atoms with Gasteiger partial charge >= 0.3 is 5.97 Å². The summed E-state index contributed by atoms with van der Waals surface area (Å²) in [5, 5.41) is 18.8. The van der Waals surface area contributed by atoms with Gasteiger partial charge in [0.2, 0.25) is 0 Å². The van der Waals surface area contributed by atoms with Crippen LogP contribution < -0.4 is 0 Å². The van der Waals surface area contributed by atoms with Gasteiger partial charge in [-0.1, -0.05) is 23.8 Å². The third-order valence-corrected chi connectivity index (χ3v) is 3.60. The van der Waals surface area contributed by atoms with E-state index >= 15 is 0 Å². The number of fused-ring (bicyclic) bond motifs is 3. The van der Waals surface area contributed by atoms with Crippen LogP contribution in [0.25, 0.3) is 16.7 Å². The van der Waals surface area contributed by atoms with Crippen LogP contribution >= 0.6 is 0 Å². The zero-order valence-corrected chi connectivity index (χ0v) is 11.3. The van der Waals surface area contributed by atoms with Crippen LogP contribution in [0.5, 0.6) is 5.75 Å². The third-order valence-electron chi connectivity index (χ3n) is 3.60. The van der Waals surface area contributed by atoms with Crippen LogP contribution in [0.3, 0.4) is 0 Å². The van der Waals surface area contributed by atoms with Crippen LogP contribution in [-0.2, 0) is 4.79 Å². The smallest absolute Gasteiger partial charge is 0.328 e. The molecule has 3 rings (SSSR count). The highest BCUT2D eigenvalue weighted by molar-refractivity contribution is 6.07. The molecule has 3 heteroatoms. The highest BCUT2D eigenvalue weighted by Gasteiger charge is 2.26. The molecule has 0 saturated carbocycles. The topological polar surface area (TPSA) is 57.5 Å². The first-order chi connectivity index (χ1) is 9.47. The number of carbonyl (C=O) groups is 1. The van der Waals surface area contributed by atoms with Gasteiger partial charge in [0.15, 0.2) is 0 Å². The van der Waals surface area contributed by atoms with Crippen molar-refractivity contribution in [2.24, 2.45) is 0 Å². The van der Waals surface area contributed by atoms with Gasteiger partial charge in [0.1, 0.15) is 5.75 Å². The van der Waals surface area contributed by atoms with Gasteiger partial charge in [-0.25, -0.2) is 4.79 Å². The van der Waals surface area contributed by atoms with E-state index in [0.717, 1.165) is 33.4 Å². The number of aliphatic carboxylic acids is 1. The Balaban J connectivity index is 2.41. The number of carboxylic acid groups (broad SMARTS) is 1. The molecule has 0 radical (unpaired) electrons. The Morgan fingerprint density at radius 1 is 1.05 bits per heavy atom. The largest absolute Gasteiger partial charge is 0.508 e. The minimum Gasteiger partial charge on any atom is -0.508 e. The fraction of sp³-hybridized carbons (Fsp3) is 0.118. The van der Waals surface area contributed by atoms with Crippen molar-refractivity contribution in [3.63, 3.8) is 0 Å². The maximum Gasteiger partial charge on any atom is 0.328 e. The van der Waals surface area contributed by atoms with Crippen molar-refractivity contribution < 1.29 is 15.0 Å². The zero-order valence-electron chi connectivity index (χ0n) is 11.3. The van der Waals surface area contributed by atoms with Crippen molar-refractivity contribution in [2.45, 2.75) is 13.8 Å². The average molecular weight is 266 g/mol. The molecule has 0 unspecified atom stereocenters. The fourth-order valence-electron chi connectivity index (χ4n) is 2.94. The Bertz CT molecular complexity index is 770. The maximum atomic E-state index is 11.1. The molecular weight excluding hydrogens is 252 g/mol. The summed E-state index contributed by atoms with van der Waals surface area (Å²) in [6.45, 7) is 4.00. The van der Waals surface area contributed by atoms with Gasteiger partial charge in [0, 0.05) is 6.08 Å². The molecule has 20 heavy (non-hydrogen) atoms. The van der Waals surface area contributed by atoms with E-state index in [0.29, 0.717) is 5.57 Å². The molecule has 1 aliphatic rings. The van der Waals surface area contributed by atoms with E-state index in [1.165, 1.54) is 6.08 Å². The van der Waals surface area contributed by atoms with E-state index in [1.807, 2.05) is 26.0 Å². The van der Waals surface area contributed by atoms with E-state index in [2.05, 4.69) is 6.07 Å². The molecule has 2 N–H and O–H groups in total. The van der Waals surface area contributed by atoms with Crippen LogP contribution in [0.2, 0.25) is 0 Å². The first kappa shape index (κ1) is 12.5. The van der Waals surface area contributed by atoms with Crippen LogP contribution in [0.1, 0.15) is 22.3 Å². The number of aryl methyl sites for hydroxylation is 2. The molecule has 2 aromatic rings. The van der Waals surface area contributed by atoms with Crippen molar-refractivity contribution in [1.82, 2.24) is 0 Å². The van der Waals surface area contributed by atoms with E-state index in [9.17, 15) is 9.90 Å². The number of aromatic hydroxyl groups is 1. The van der Waals surface area contributed by atoms with Gasteiger partial charge in [-0.2, -0.15) is 0 Å². The molecule has 0 bridgehead atoms. The molecule has 0 aromatic heterocycles. The van der Waals surface area contributed by atoms with Crippen molar-refractivity contribution >= 4 is 11.5 Å². The summed E-state index contributed by atoms with van der Waals surface area (Å²) >= 11 is 0. The van der Waals surface area contributed by atoms with E-state index < -0.39 is 5.97 Å². The number of carboxylic acids is 1. The second kappa shape index (κ2) is 4.23. The summed E-state index contributed by atoms with van der Waals surface area (Å²) in [4.78, 5) is 11.1. The second-order valence-electron chi connectivity index (χ2n) is 5.13. The lowest BCUT2D eigenvalue weighted by atomic mass is 9.97. The first-order valence-corrected chi connectivity index (χ1v) is 6.37. The Morgan fingerprint density at radius 3 is 2.50 bits per heavy atom. The third kappa shape index (κ3) is 1.79. The summed E-state index contributed by atoms with van der Waals surface area (Å²) in [5.74, 6) is -0.843. The molecule has 100 valence electrons. The van der Waals surface area contributed by atoms with Crippen molar-refractivity contribution in [1.29, 1.82) is 0 Å². The fourth-order valence-corrected chi connectivity index (χ4v) is 2.94. The monoisotopic (exact) mass is 266 g/mol. The van der Waals surface area contributed by atoms with Gasteiger partial charge in [-0.05, 0) is 59.4 Å². The van der Waals surface area contributed by atoms with Crippen LogP contribution in [0, 0.1) is 13.8 Å². The number of phenols is 1. The molecule has 1 aliphatic carbocycles. The number of hydrogen-bond donors (Lipinski definition) is 2. The lowest BCUT2D eigenvalue weighted by Crippen LogP contribution is -1.93. The Hall–Kier alpha value is -2.55. The normalized spacial score (nSPS) is 14.2. The summed E-state index contributed by atoms with van der Waals surface area (Å²) in [7, 11) is 0. The number of hydrogen-bond acceptors (Lipinski definition) is 2. The predicted octanol–water partition coefficient (Wildman–Crippen LogP) is 3.51. The van der Waals surface area contributed by atoms with Crippen molar-refractivity contribution in [3.05, 3.63) is 58.7 Å². The van der Waals surface area contributed by atoms with Crippen molar-refractivity contribution in [3.8, 4) is 16.9 Å². The van der Waals surface area contributed by atoms with Crippen LogP contribution in [-0.4, -0.2) is 16.2 Å². The molecule has 0 spiro atoms. The molecule has 0 aliphatic heterocycles.